The molecule has 0 unspecified atom stereocenters. The Bertz CT molecular complexity index is 765. The van der Waals surface area contributed by atoms with Gasteiger partial charge in [0.15, 0.2) is 0 Å². The van der Waals surface area contributed by atoms with E-state index in [-0.39, 0.29) is 18.0 Å². The fraction of sp³-hybridized carbons (Fsp3) is 0.385. The van der Waals surface area contributed by atoms with Crippen LogP contribution in [0.15, 0.2) is 17.3 Å². The molecule has 0 aromatic carbocycles. The molecule has 0 saturated heterocycles. The van der Waals surface area contributed by atoms with Crippen molar-refractivity contribution in [2.75, 3.05) is 18.5 Å². The van der Waals surface area contributed by atoms with Crippen molar-refractivity contribution < 1.29 is 19.1 Å². The van der Waals surface area contributed by atoms with Crippen LogP contribution in [0.2, 0.25) is 0 Å². The molecule has 2 amide bonds. The second kappa shape index (κ2) is 7.03. The van der Waals surface area contributed by atoms with Crippen LogP contribution in [0.4, 0.5) is 14.6 Å². The lowest BCUT2D eigenvalue weighted by Gasteiger charge is -2.07. The minimum atomic E-state index is -0.719. The van der Waals surface area contributed by atoms with Crippen molar-refractivity contribution in [1.29, 1.82) is 0 Å². The van der Waals surface area contributed by atoms with E-state index in [9.17, 15) is 9.59 Å². The Labute approximate surface area is 130 Å². The number of amides is 2. The summed E-state index contributed by atoms with van der Waals surface area (Å²) in [5.74, 6) is 0. The fourth-order valence-electron chi connectivity index (χ4n) is 1.78. The summed E-state index contributed by atoms with van der Waals surface area (Å²) in [6.07, 6.45) is 0.507. The van der Waals surface area contributed by atoms with E-state index in [1.165, 1.54) is 0 Å². The Kier molecular flexibility index (Phi) is 5.10. The maximum absolute atomic E-state index is 11.6. The molecule has 2 aromatic rings. The molecular weight excluding hydrogens is 308 g/mol. The fourth-order valence-corrected chi connectivity index (χ4v) is 2.70. The minimum absolute atomic E-state index is 0.198. The summed E-state index contributed by atoms with van der Waals surface area (Å²) in [6.45, 7) is 3.90. The van der Waals surface area contributed by atoms with E-state index in [1.54, 1.807) is 26.1 Å². The number of ether oxygens (including phenoxy) is 2. The van der Waals surface area contributed by atoms with Crippen LogP contribution in [-0.4, -0.2) is 35.0 Å². The number of hydrogen-bond acceptors (Lipinski definition) is 6. The first-order valence-corrected chi connectivity index (χ1v) is 7.48. The maximum atomic E-state index is 11.6. The normalized spacial score (nSPS) is 11.5. The molecule has 0 radical (unpaired) electrons. The summed E-state index contributed by atoms with van der Waals surface area (Å²) in [7, 11) is 1.83. The highest BCUT2D eigenvalue weighted by molar-refractivity contribution is 7.14. The Morgan fingerprint density at radius 3 is 2.77 bits per heavy atom. The monoisotopic (exact) mass is 324 g/mol. The van der Waals surface area contributed by atoms with Crippen LogP contribution in [-0.2, 0) is 16.5 Å². The highest BCUT2D eigenvalue weighted by Crippen LogP contribution is 2.24. The van der Waals surface area contributed by atoms with Crippen LogP contribution >= 0.6 is 11.3 Å². The average Bonchev–Trinajstić information content (AvgIpc) is 2.81. The zero-order valence-corrected chi connectivity index (χ0v) is 13.3. The Morgan fingerprint density at radius 2 is 2.09 bits per heavy atom. The molecule has 9 heteroatoms. The molecule has 1 N–H and O–H groups in total. The molecule has 8 nitrogen and oxygen atoms in total. The molecule has 2 heterocycles. The number of carbonyl (C=O) groups is 2. The predicted octanol–water partition coefficient (Wildman–Crippen LogP) is 2.26. The van der Waals surface area contributed by atoms with Gasteiger partial charge in [-0.3, -0.25) is 5.32 Å². The summed E-state index contributed by atoms with van der Waals surface area (Å²) in [4.78, 5) is 31.3. The number of aromatic nitrogens is 2. The Hall–Kier alpha value is -2.42. The number of aryl methyl sites for hydroxylation is 1. The van der Waals surface area contributed by atoms with E-state index in [1.807, 2.05) is 11.6 Å². The number of nitrogens with zero attached hydrogens (tertiary/aromatic N) is 3. The molecule has 0 fully saturated rings. The standard InChI is InChI=1S/C13H16N4O4S/c1-4-20-12(18)15-10-9-8(6-7-17(9)3)14-11(22-10)16-13(19)21-5-2/h6-7H,4-5H2,1-3H3,(H,15,18). The van der Waals surface area contributed by atoms with Crippen molar-refractivity contribution in [3.05, 3.63) is 17.1 Å². The zero-order chi connectivity index (χ0) is 16.1. The number of nitrogens with one attached hydrogen (secondary N) is 1. The van der Waals surface area contributed by atoms with Crippen LogP contribution in [0.3, 0.4) is 0 Å². The van der Waals surface area contributed by atoms with Gasteiger partial charge in [0.1, 0.15) is 10.5 Å². The van der Waals surface area contributed by atoms with Crippen molar-refractivity contribution in [1.82, 2.24) is 9.55 Å². The van der Waals surface area contributed by atoms with E-state index in [2.05, 4.69) is 15.3 Å². The first-order chi connectivity index (χ1) is 10.5. The molecule has 22 heavy (non-hydrogen) atoms. The summed E-state index contributed by atoms with van der Waals surface area (Å²) in [6, 6.07) is 1.77. The van der Waals surface area contributed by atoms with E-state index < -0.39 is 12.2 Å². The molecule has 0 bridgehead atoms. The number of anilines is 1. The summed E-state index contributed by atoms with van der Waals surface area (Å²) in [5, 5.41) is 3.14. The average molecular weight is 324 g/mol. The molecule has 0 saturated carbocycles. The second-order valence-electron chi connectivity index (χ2n) is 4.14. The van der Waals surface area contributed by atoms with Crippen molar-refractivity contribution >= 4 is 39.6 Å². The number of fused-ring (bicyclic) bond motifs is 1. The van der Waals surface area contributed by atoms with Gasteiger partial charge in [-0.2, -0.15) is 0 Å². The maximum Gasteiger partial charge on any atom is 0.436 e. The van der Waals surface area contributed by atoms with Gasteiger partial charge in [0, 0.05) is 13.2 Å². The third-order valence-electron chi connectivity index (χ3n) is 2.62. The predicted molar refractivity (Wildman–Crippen MR) is 81.8 cm³/mol. The lowest BCUT2D eigenvalue weighted by atomic mass is 10.4. The third kappa shape index (κ3) is 3.61. The lowest BCUT2D eigenvalue weighted by Crippen LogP contribution is -2.16. The van der Waals surface area contributed by atoms with Crippen LogP contribution in [0.1, 0.15) is 13.8 Å². The van der Waals surface area contributed by atoms with Crippen molar-refractivity contribution in [3.8, 4) is 0 Å². The third-order valence-corrected chi connectivity index (χ3v) is 3.49. The molecule has 0 atom stereocenters. The zero-order valence-electron chi connectivity index (χ0n) is 12.5. The van der Waals surface area contributed by atoms with E-state index in [4.69, 9.17) is 9.47 Å². The van der Waals surface area contributed by atoms with Crippen molar-refractivity contribution in [2.45, 2.75) is 13.8 Å². The number of carbonyl (C=O) groups excluding carboxylic acids is 2. The Balaban J connectivity index is 2.49. The lowest BCUT2D eigenvalue weighted by molar-refractivity contribution is 0.162. The van der Waals surface area contributed by atoms with Gasteiger partial charge in [0.25, 0.3) is 0 Å². The van der Waals surface area contributed by atoms with Gasteiger partial charge in [-0.15, -0.1) is 4.99 Å². The van der Waals surface area contributed by atoms with Crippen molar-refractivity contribution in [2.24, 2.45) is 12.0 Å². The van der Waals surface area contributed by atoms with Gasteiger partial charge in [-0.05, 0) is 19.9 Å². The van der Waals surface area contributed by atoms with Gasteiger partial charge >= 0.3 is 12.2 Å². The molecule has 0 aliphatic carbocycles. The molecule has 0 aliphatic rings. The summed E-state index contributed by atoms with van der Waals surface area (Å²) >= 11 is 1.07. The minimum Gasteiger partial charge on any atom is -0.450 e. The Morgan fingerprint density at radius 1 is 1.36 bits per heavy atom. The highest BCUT2D eigenvalue weighted by Gasteiger charge is 2.12. The first-order valence-electron chi connectivity index (χ1n) is 6.66. The molecule has 0 spiro atoms. The quantitative estimate of drug-likeness (QED) is 0.934. The van der Waals surface area contributed by atoms with E-state index >= 15 is 0 Å². The largest absolute Gasteiger partial charge is 0.450 e. The molecule has 2 aromatic heterocycles. The van der Waals surface area contributed by atoms with Gasteiger partial charge in [-0.1, -0.05) is 11.3 Å². The molecule has 2 rings (SSSR count). The topological polar surface area (TPSA) is 94.8 Å². The van der Waals surface area contributed by atoms with Crippen molar-refractivity contribution in [3.63, 3.8) is 0 Å². The molecule has 0 aliphatic heterocycles. The highest BCUT2D eigenvalue weighted by atomic mass is 32.1. The molecule has 118 valence electrons. The first kappa shape index (κ1) is 16.0. The summed E-state index contributed by atoms with van der Waals surface area (Å²) in [5.41, 5.74) is 1.33. The summed E-state index contributed by atoms with van der Waals surface area (Å²) < 4.78 is 11.5. The van der Waals surface area contributed by atoms with Gasteiger partial charge in [0.2, 0.25) is 4.80 Å². The van der Waals surface area contributed by atoms with Gasteiger partial charge in [-0.25, -0.2) is 14.6 Å². The molecular formula is C13H16N4O4S. The smallest absolute Gasteiger partial charge is 0.436 e. The number of hydrogen-bond donors (Lipinski definition) is 1. The second-order valence-corrected chi connectivity index (χ2v) is 5.12. The van der Waals surface area contributed by atoms with E-state index in [0.717, 1.165) is 16.9 Å². The van der Waals surface area contributed by atoms with Crippen LogP contribution in [0.5, 0.6) is 0 Å². The SMILES string of the molecule is CCOC(=O)N=c1nc2ccn(C)c2c(NC(=O)OCC)s1. The van der Waals surface area contributed by atoms with Crippen LogP contribution < -0.4 is 10.1 Å². The van der Waals surface area contributed by atoms with E-state index in [0.29, 0.717) is 10.5 Å². The van der Waals surface area contributed by atoms with Gasteiger partial charge in [0.05, 0.1) is 18.7 Å². The van der Waals surface area contributed by atoms with Gasteiger partial charge < -0.3 is 14.0 Å². The van der Waals surface area contributed by atoms with Crippen LogP contribution in [0.25, 0.3) is 11.0 Å². The number of rotatable bonds is 3. The van der Waals surface area contributed by atoms with Crippen LogP contribution in [0, 0.1) is 0 Å².